The van der Waals surface area contributed by atoms with Crippen molar-refractivity contribution >= 4 is 35.8 Å². The first kappa shape index (κ1) is 25.7. The minimum absolute atomic E-state index is 0. The molecule has 7 heteroatoms. The van der Waals surface area contributed by atoms with Crippen LogP contribution in [0.4, 0.5) is 5.82 Å². The van der Waals surface area contributed by atoms with Crippen LogP contribution in [-0.2, 0) is 6.54 Å². The van der Waals surface area contributed by atoms with Crippen molar-refractivity contribution in [1.29, 1.82) is 0 Å². The van der Waals surface area contributed by atoms with E-state index in [4.69, 9.17) is 4.99 Å². The van der Waals surface area contributed by atoms with E-state index in [1.54, 1.807) is 0 Å². The first-order valence-corrected chi connectivity index (χ1v) is 12.2. The summed E-state index contributed by atoms with van der Waals surface area (Å²) in [6, 6.07) is 16.1. The second-order valence-corrected chi connectivity index (χ2v) is 9.07. The van der Waals surface area contributed by atoms with E-state index in [1.807, 2.05) is 6.20 Å². The van der Waals surface area contributed by atoms with E-state index >= 15 is 0 Å². The third kappa shape index (κ3) is 7.57. The molecule has 2 saturated heterocycles. The number of guanidine groups is 1. The lowest BCUT2D eigenvalue weighted by Gasteiger charge is -2.34. The van der Waals surface area contributed by atoms with Crippen LogP contribution >= 0.6 is 24.0 Å². The Morgan fingerprint density at radius 2 is 1.85 bits per heavy atom. The van der Waals surface area contributed by atoms with Crippen LogP contribution in [0.25, 0.3) is 0 Å². The quantitative estimate of drug-likeness (QED) is 0.301. The first-order chi connectivity index (χ1) is 15.7. The molecule has 4 rings (SSSR count). The van der Waals surface area contributed by atoms with Gasteiger partial charge in [0, 0.05) is 44.5 Å². The number of piperidine rings is 1. The van der Waals surface area contributed by atoms with Gasteiger partial charge in [-0.1, -0.05) is 36.4 Å². The molecule has 1 unspecified atom stereocenters. The minimum Gasteiger partial charge on any atom is -0.357 e. The molecule has 3 heterocycles. The number of likely N-dealkylation sites (tertiary alicyclic amines) is 1. The van der Waals surface area contributed by atoms with Gasteiger partial charge in [-0.15, -0.1) is 24.0 Å². The van der Waals surface area contributed by atoms with E-state index in [0.29, 0.717) is 12.1 Å². The Balaban J connectivity index is 0.00000306. The molecule has 2 fully saturated rings. The van der Waals surface area contributed by atoms with Crippen LogP contribution in [0.5, 0.6) is 0 Å². The Bertz CT molecular complexity index is 849. The number of hydrogen-bond donors (Lipinski definition) is 2. The van der Waals surface area contributed by atoms with Gasteiger partial charge in [0.1, 0.15) is 5.82 Å². The van der Waals surface area contributed by atoms with Crippen LogP contribution < -0.4 is 15.5 Å². The van der Waals surface area contributed by atoms with Crippen molar-refractivity contribution in [3.05, 3.63) is 59.8 Å². The second-order valence-electron chi connectivity index (χ2n) is 9.07. The first-order valence-electron chi connectivity index (χ1n) is 12.2. The number of aromatic nitrogens is 1. The highest BCUT2D eigenvalue weighted by Gasteiger charge is 2.25. The molecule has 0 bridgehead atoms. The lowest BCUT2D eigenvalue weighted by atomic mass is 10.1. The third-order valence-corrected chi connectivity index (χ3v) is 6.59. The van der Waals surface area contributed by atoms with Crippen LogP contribution in [0, 0.1) is 6.92 Å². The van der Waals surface area contributed by atoms with Gasteiger partial charge in [-0.05, 0) is 63.3 Å². The fourth-order valence-corrected chi connectivity index (χ4v) is 4.74. The molecule has 33 heavy (non-hydrogen) atoms. The molecule has 2 aliphatic heterocycles. The number of rotatable bonds is 7. The number of benzene rings is 1. The average molecular weight is 563 g/mol. The molecular formula is C26H39IN6. The van der Waals surface area contributed by atoms with E-state index in [1.165, 1.54) is 30.5 Å². The lowest BCUT2D eigenvalue weighted by molar-refractivity contribution is 0.250. The Labute approximate surface area is 216 Å². The summed E-state index contributed by atoms with van der Waals surface area (Å²) in [6.45, 7) is 10.2. The molecule has 1 aromatic carbocycles. The summed E-state index contributed by atoms with van der Waals surface area (Å²) in [5, 5.41) is 7.16. The summed E-state index contributed by atoms with van der Waals surface area (Å²) in [4.78, 5) is 14.6. The molecule has 180 valence electrons. The van der Waals surface area contributed by atoms with E-state index in [0.717, 1.165) is 57.3 Å². The van der Waals surface area contributed by atoms with Crippen LogP contribution in [0.1, 0.15) is 43.7 Å². The molecule has 2 N–H and O–H groups in total. The van der Waals surface area contributed by atoms with E-state index in [-0.39, 0.29) is 24.0 Å². The Hall–Kier alpha value is -1.87. The Morgan fingerprint density at radius 3 is 2.55 bits per heavy atom. The van der Waals surface area contributed by atoms with Crippen molar-refractivity contribution in [2.24, 2.45) is 4.99 Å². The number of halogens is 1. The summed E-state index contributed by atoms with van der Waals surface area (Å²) in [5.74, 6) is 2.06. The van der Waals surface area contributed by atoms with E-state index in [9.17, 15) is 0 Å². The third-order valence-electron chi connectivity index (χ3n) is 6.59. The molecular weight excluding hydrogens is 523 g/mol. The number of hydrogen-bond acceptors (Lipinski definition) is 4. The zero-order chi connectivity index (χ0) is 22.2. The molecule has 6 nitrogen and oxygen atoms in total. The SMILES string of the molecule is CCNC(=NCC1CCCN1Cc1ccccc1)NC1CCN(c2ccc(C)cn2)CC1.I. The monoisotopic (exact) mass is 562 g/mol. The van der Waals surface area contributed by atoms with Crippen molar-refractivity contribution in [2.45, 2.75) is 58.2 Å². The molecule has 1 atom stereocenters. The number of pyridine rings is 1. The summed E-state index contributed by atoms with van der Waals surface area (Å²) < 4.78 is 0. The Kier molecular flexibility index (Phi) is 10.2. The molecule has 0 spiro atoms. The standard InChI is InChI=1S/C26H38N6.HI/c1-3-27-26(29-19-24-10-7-15-32(24)20-22-8-5-4-6-9-22)30-23-13-16-31(17-14-23)25-12-11-21(2)18-28-25;/h4-6,8-9,11-12,18,23-24H,3,7,10,13-17,19-20H2,1-2H3,(H2,27,29,30);1H. The van der Waals surface area contributed by atoms with Gasteiger partial charge in [0.15, 0.2) is 5.96 Å². The van der Waals surface area contributed by atoms with Gasteiger partial charge >= 0.3 is 0 Å². The fraction of sp³-hybridized carbons (Fsp3) is 0.538. The summed E-state index contributed by atoms with van der Waals surface area (Å²) in [6.07, 6.45) is 6.66. The van der Waals surface area contributed by atoms with Crippen LogP contribution in [0.15, 0.2) is 53.7 Å². The second kappa shape index (κ2) is 13.1. The van der Waals surface area contributed by atoms with Crippen molar-refractivity contribution in [3.8, 4) is 0 Å². The summed E-state index contributed by atoms with van der Waals surface area (Å²) in [5.41, 5.74) is 2.60. The summed E-state index contributed by atoms with van der Waals surface area (Å²) in [7, 11) is 0. The molecule has 2 aromatic rings. The maximum Gasteiger partial charge on any atom is 0.191 e. The average Bonchev–Trinajstić information content (AvgIpc) is 3.26. The van der Waals surface area contributed by atoms with Gasteiger partial charge < -0.3 is 15.5 Å². The number of anilines is 1. The fourth-order valence-electron chi connectivity index (χ4n) is 4.74. The van der Waals surface area contributed by atoms with Crippen molar-refractivity contribution in [1.82, 2.24) is 20.5 Å². The van der Waals surface area contributed by atoms with E-state index < -0.39 is 0 Å². The van der Waals surface area contributed by atoms with Crippen molar-refractivity contribution < 1.29 is 0 Å². The highest BCUT2D eigenvalue weighted by atomic mass is 127. The van der Waals surface area contributed by atoms with Gasteiger partial charge in [0.25, 0.3) is 0 Å². The maximum atomic E-state index is 5.00. The zero-order valence-corrected chi connectivity index (χ0v) is 22.4. The predicted octanol–water partition coefficient (Wildman–Crippen LogP) is 4.20. The normalized spacial score (nSPS) is 19.9. The number of nitrogens with one attached hydrogen (secondary N) is 2. The largest absolute Gasteiger partial charge is 0.357 e. The molecule has 1 aromatic heterocycles. The minimum atomic E-state index is 0. The van der Waals surface area contributed by atoms with Gasteiger partial charge in [-0.3, -0.25) is 9.89 Å². The van der Waals surface area contributed by atoms with Crippen molar-refractivity contribution in [3.63, 3.8) is 0 Å². The smallest absolute Gasteiger partial charge is 0.191 e. The van der Waals surface area contributed by atoms with Crippen molar-refractivity contribution in [2.75, 3.05) is 37.6 Å². The van der Waals surface area contributed by atoms with Gasteiger partial charge in [-0.2, -0.15) is 0 Å². The van der Waals surface area contributed by atoms with E-state index in [2.05, 4.69) is 81.7 Å². The molecule has 0 saturated carbocycles. The Morgan fingerprint density at radius 1 is 1.06 bits per heavy atom. The lowest BCUT2D eigenvalue weighted by Crippen LogP contribution is -2.49. The molecule has 0 radical (unpaired) electrons. The molecule has 0 aliphatic carbocycles. The zero-order valence-electron chi connectivity index (χ0n) is 20.0. The number of nitrogens with zero attached hydrogens (tertiary/aromatic N) is 4. The predicted molar refractivity (Wildman–Crippen MR) is 149 cm³/mol. The van der Waals surface area contributed by atoms with Crippen LogP contribution in [0.2, 0.25) is 0 Å². The van der Waals surface area contributed by atoms with Gasteiger partial charge in [-0.25, -0.2) is 4.98 Å². The highest BCUT2D eigenvalue weighted by molar-refractivity contribution is 14.0. The van der Waals surface area contributed by atoms with Gasteiger partial charge in [0.2, 0.25) is 0 Å². The summed E-state index contributed by atoms with van der Waals surface area (Å²) >= 11 is 0. The number of aryl methyl sites for hydroxylation is 1. The topological polar surface area (TPSA) is 55.8 Å². The highest BCUT2D eigenvalue weighted by Crippen LogP contribution is 2.21. The van der Waals surface area contributed by atoms with Gasteiger partial charge in [0.05, 0.1) is 6.54 Å². The maximum absolute atomic E-state index is 5.00. The molecule has 0 amide bonds. The van der Waals surface area contributed by atoms with Crippen LogP contribution in [-0.4, -0.2) is 60.7 Å². The molecule has 2 aliphatic rings. The number of aliphatic imine (C=N–C) groups is 1. The van der Waals surface area contributed by atoms with Crippen LogP contribution in [0.3, 0.4) is 0 Å².